The van der Waals surface area contributed by atoms with Gasteiger partial charge in [0.15, 0.2) is 0 Å². The van der Waals surface area contributed by atoms with Crippen molar-refractivity contribution in [2.24, 2.45) is 5.73 Å². The van der Waals surface area contributed by atoms with Gasteiger partial charge in [-0.15, -0.1) is 0 Å². The number of ether oxygens (including phenoxy) is 1. The fourth-order valence-electron chi connectivity index (χ4n) is 2.08. The summed E-state index contributed by atoms with van der Waals surface area (Å²) >= 11 is 4.83. The first-order valence-electron chi connectivity index (χ1n) is 5.72. The Bertz CT molecular complexity index is 373. The molecule has 5 nitrogen and oxygen atoms in total. The SMILES string of the molecule is CCC(C(N)=S)S(=O)(=O)N1C[C@@H](C)O[C@@H](C)C1. The second kappa shape index (κ2) is 5.60. The summed E-state index contributed by atoms with van der Waals surface area (Å²) in [5.41, 5.74) is 5.50. The number of hydrogen-bond donors (Lipinski definition) is 1. The molecule has 0 amide bonds. The lowest BCUT2D eigenvalue weighted by atomic mass is 10.3. The number of nitrogens with zero attached hydrogens (tertiary/aromatic N) is 1. The third kappa shape index (κ3) is 3.37. The largest absolute Gasteiger partial charge is 0.392 e. The van der Waals surface area contributed by atoms with Crippen molar-refractivity contribution in [1.29, 1.82) is 0 Å². The van der Waals surface area contributed by atoms with E-state index in [2.05, 4.69) is 0 Å². The average Bonchev–Trinajstić information content (AvgIpc) is 2.15. The molecule has 0 aromatic carbocycles. The Labute approximate surface area is 108 Å². The molecule has 1 fully saturated rings. The number of hydrogen-bond acceptors (Lipinski definition) is 4. The first-order valence-corrected chi connectivity index (χ1v) is 7.63. The molecule has 0 aliphatic carbocycles. The van der Waals surface area contributed by atoms with E-state index in [-0.39, 0.29) is 17.2 Å². The quantitative estimate of drug-likeness (QED) is 0.759. The molecule has 0 aromatic heterocycles. The van der Waals surface area contributed by atoms with Crippen LogP contribution in [0.2, 0.25) is 0 Å². The van der Waals surface area contributed by atoms with Crippen LogP contribution in [0.1, 0.15) is 27.2 Å². The van der Waals surface area contributed by atoms with Crippen molar-refractivity contribution in [3.8, 4) is 0 Å². The van der Waals surface area contributed by atoms with E-state index >= 15 is 0 Å². The van der Waals surface area contributed by atoms with Crippen molar-refractivity contribution in [3.05, 3.63) is 0 Å². The number of nitrogens with two attached hydrogens (primary N) is 1. The first kappa shape index (κ1) is 14.8. The Kier molecular flexibility index (Phi) is 4.88. The van der Waals surface area contributed by atoms with Crippen molar-refractivity contribution in [2.45, 2.75) is 44.6 Å². The summed E-state index contributed by atoms with van der Waals surface area (Å²) in [7, 11) is -3.45. The molecule has 1 saturated heterocycles. The molecule has 0 radical (unpaired) electrons. The molecule has 1 rings (SSSR count). The number of sulfonamides is 1. The van der Waals surface area contributed by atoms with Crippen LogP contribution in [-0.4, -0.2) is 48.3 Å². The summed E-state index contributed by atoms with van der Waals surface area (Å²) in [6.07, 6.45) is 0.201. The second-order valence-electron chi connectivity index (χ2n) is 4.42. The zero-order valence-corrected chi connectivity index (χ0v) is 12.1. The van der Waals surface area contributed by atoms with Crippen molar-refractivity contribution in [2.75, 3.05) is 13.1 Å². The highest BCUT2D eigenvalue weighted by Gasteiger charge is 2.37. The summed E-state index contributed by atoms with van der Waals surface area (Å²) in [6.45, 7) is 6.23. The Morgan fingerprint density at radius 1 is 1.47 bits per heavy atom. The van der Waals surface area contributed by atoms with Crippen LogP contribution in [0.3, 0.4) is 0 Å². The maximum atomic E-state index is 12.4. The van der Waals surface area contributed by atoms with Crippen molar-refractivity contribution in [3.63, 3.8) is 0 Å². The van der Waals surface area contributed by atoms with Crippen LogP contribution >= 0.6 is 12.2 Å². The molecule has 1 heterocycles. The van der Waals surface area contributed by atoms with Gasteiger partial charge in [-0.25, -0.2) is 8.42 Å². The standard InChI is InChI=1S/C10H20N2O3S2/c1-4-9(10(11)16)17(13,14)12-5-7(2)15-8(3)6-12/h7-9H,4-6H2,1-3H3,(H2,11,16)/t7-,8+,9?. The number of thiocarbonyl (C=S) groups is 1. The van der Waals surface area contributed by atoms with E-state index in [4.69, 9.17) is 22.7 Å². The van der Waals surface area contributed by atoms with Crippen LogP contribution in [0.5, 0.6) is 0 Å². The van der Waals surface area contributed by atoms with E-state index in [1.54, 1.807) is 6.92 Å². The summed E-state index contributed by atoms with van der Waals surface area (Å²) < 4.78 is 31.7. The maximum absolute atomic E-state index is 12.4. The van der Waals surface area contributed by atoms with Gasteiger partial charge >= 0.3 is 0 Å². The molecule has 100 valence electrons. The topological polar surface area (TPSA) is 72.6 Å². The third-order valence-corrected chi connectivity index (χ3v) is 5.55. The van der Waals surface area contributed by atoms with Gasteiger partial charge in [0, 0.05) is 13.1 Å². The predicted molar refractivity (Wildman–Crippen MR) is 71.4 cm³/mol. The van der Waals surface area contributed by atoms with Crippen LogP contribution in [0.15, 0.2) is 0 Å². The molecule has 0 saturated carbocycles. The van der Waals surface area contributed by atoms with E-state index in [0.29, 0.717) is 19.5 Å². The van der Waals surface area contributed by atoms with Gasteiger partial charge in [0.05, 0.1) is 17.2 Å². The summed E-state index contributed by atoms with van der Waals surface area (Å²) in [5.74, 6) is 0. The Balaban J connectivity index is 2.93. The lowest BCUT2D eigenvalue weighted by molar-refractivity contribution is -0.0441. The minimum Gasteiger partial charge on any atom is -0.392 e. The van der Waals surface area contributed by atoms with Gasteiger partial charge < -0.3 is 10.5 Å². The normalized spacial score (nSPS) is 28.9. The molecular weight excluding hydrogens is 260 g/mol. The van der Waals surface area contributed by atoms with Gasteiger partial charge in [-0.05, 0) is 20.3 Å². The lowest BCUT2D eigenvalue weighted by Gasteiger charge is -2.36. The van der Waals surface area contributed by atoms with Crippen LogP contribution in [0.25, 0.3) is 0 Å². The minimum atomic E-state index is -3.45. The molecule has 2 N–H and O–H groups in total. The molecule has 17 heavy (non-hydrogen) atoms. The highest BCUT2D eigenvalue weighted by atomic mass is 32.2. The highest BCUT2D eigenvalue weighted by molar-refractivity contribution is 7.92. The third-order valence-electron chi connectivity index (χ3n) is 2.79. The van der Waals surface area contributed by atoms with E-state index in [1.807, 2.05) is 13.8 Å². The number of rotatable bonds is 4. The smallest absolute Gasteiger partial charge is 0.223 e. The van der Waals surface area contributed by atoms with Crippen molar-refractivity contribution in [1.82, 2.24) is 4.31 Å². The van der Waals surface area contributed by atoms with E-state index < -0.39 is 15.3 Å². The van der Waals surface area contributed by atoms with E-state index in [1.165, 1.54) is 4.31 Å². The Hall–Kier alpha value is -0.240. The Morgan fingerprint density at radius 2 is 1.94 bits per heavy atom. The molecule has 3 atom stereocenters. The van der Waals surface area contributed by atoms with Crippen LogP contribution < -0.4 is 5.73 Å². The fourth-order valence-corrected chi connectivity index (χ4v) is 4.52. The van der Waals surface area contributed by atoms with Gasteiger partial charge in [0.2, 0.25) is 10.0 Å². The molecule has 0 bridgehead atoms. The molecule has 0 spiro atoms. The molecule has 0 aromatic rings. The van der Waals surface area contributed by atoms with Gasteiger partial charge in [-0.3, -0.25) is 0 Å². The zero-order chi connectivity index (χ0) is 13.2. The van der Waals surface area contributed by atoms with Gasteiger partial charge in [-0.1, -0.05) is 19.1 Å². The summed E-state index contributed by atoms with van der Waals surface area (Å²) in [4.78, 5) is 0.0410. The summed E-state index contributed by atoms with van der Waals surface area (Å²) in [5, 5.41) is -0.769. The highest BCUT2D eigenvalue weighted by Crippen LogP contribution is 2.19. The van der Waals surface area contributed by atoms with E-state index in [0.717, 1.165) is 0 Å². The lowest BCUT2D eigenvalue weighted by Crippen LogP contribution is -2.52. The zero-order valence-electron chi connectivity index (χ0n) is 10.4. The van der Waals surface area contributed by atoms with Crippen molar-refractivity contribution < 1.29 is 13.2 Å². The van der Waals surface area contributed by atoms with Gasteiger partial charge in [0.1, 0.15) is 5.25 Å². The summed E-state index contributed by atoms with van der Waals surface area (Å²) in [6, 6.07) is 0. The van der Waals surface area contributed by atoms with Crippen LogP contribution in [-0.2, 0) is 14.8 Å². The minimum absolute atomic E-state index is 0.0410. The average molecular weight is 280 g/mol. The molecule has 1 aliphatic rings. The van der Waals surface area contributed by atoms with Crippen LogP contribution in [0.4, 0.5) is 0 Å². The van der Waals surface area contributed by atoms with Gasteiger partial charge in [-0.2, -0.15) is 4.31 Å². The predicted octanol–water partition coefficient (Wildman–Crippen LogP) is 0.490. The molecular formula is C10H20N2O3S2. The van der Waals surface area contributed by atoms with Crippen molar-refractivity contribution >= 4 is 27.2 Å². The molecule has 1 unspecified atom stereocenters. The maximum Gasteiger partial charge on any atom is 0.223 e. The molecule has 1 aliphatic heterocycles. The monoisotopic (exact) mass is 280 g/mol. The fraction of sp³-hybridized carbons (Fsp3) is 0.900. The van der Waals surface area contributed by atoms with Crippen LogP contribution in [0, 0.1) is 0 Å². The second-order valence-corrected chi connectivity index (χ2v) is 7.01. The number of morpholine rings is 1. The Morgan fingerprint density at radius 3 is 2.29 bits per heavy atom. The first-order chi connectivity index (χ1) is 7.78. The van der Waals surface area contributed by atoms with Gasteiger partial charge in [0.25, 0.3) is 0 Å². The van der Waals surface area contributed by atoms with E-state index in [9.17, 15) is 8.42 Å². The molecule has 7 heteroatoms.